The van der Waals surface area contributed by atoms with Gasteiger partial charge in [-0.3, -0.25) is 0 Å². The van der Waals surface area contributed by atoms with Crippen LogP contribution in [0.25, 0.3) is 11.1 Å². The van der Waals surface area contributed by atoms with E-state index in [2.05, 4.69) is 0 Å². The molecule has 0 saturated heterocycles. The summed E-state index contributed by atoms with van der Waals surface area (Å²) >= 11 is 6.24. The molecule has 0 heterocycles. The molecule has 0 saturated carbocycles. The van der Waals surface area contributed by atoms with Gasteiger partial charge in [-0.15, -0.1) is 0 Å². The minimum Gasteiger partial charge on any atom is -0.497 e. The molecule has 17 heavy (non-hydrogen) atoms. The van der Waals surface area contributed by atoms with Crippen molar-refractivity contribution < 1.29 is 9.47 Å². The molecular formula is C14H13ClO2. The third-order valence-corrected chi connectivity index (χ3v) is 2.89. The second-order valence-corrected chi connectivity index (χ2v) is 3.95. The lowest BCUT2D eigenvalue weighted by Crippen LogP contribution is -1.89. The molecule has 2 nitrogen and oxygen atoms in total. The van der Waals surface area contributed by atoms with E-state index in [9.17, 15) is 0 Å². The van der Waals surface area contributed by atoms with Crippen molar-refractivity contribution >= 4 is 11.6 Å². The van der Waals surface area contributed by atoms with Crippen LogP contribution in [0.2, 0.25) is 5.02 Å². The summed E-state index contributed by atoms with van der Waals surface area (Å²) in [6, 6.07) is 13.4. The average molecular weight is 249 g/mol. The van der Waals surface area contributed by atoms with Gasteiger partial charge in [0.2, 0.25) is 0 Å². The van der Waals surface area contributed by atoms with Gasteiger partial charge < -0.3 is 9.47 Å². The number of benzene rings is 2. The first kappa shape index (κ1) is 11.8. The molecular weight excluding hydrogens is 236 g/mol. The van der Waals surface area contributed by atoms with Crippen molar-refractivity contribution in [2.45, 2.75) is 0 Å². The monoisotopic (exact) mass is 248 g/mol. The third kappa shape index (κ3) is 2.37. The Morgan fingerprint density at radius 3 is 2.29 bits per heavy atom. The number of hydrogen-bond donors (Lipinski definition) is 0. The van der Waals surface area contributed by atoms with Gasteiger partial charge in [-0.25, -0.2) is 0 Å². The maximum absolute atomic E-state index is 6.24. The summed E-state index contributed by atoms with van der Waals surface area (Å²) in [5.74, 6) is 1.55. The molecule has 0 amide bonds. The van der Waals surface area contributed by atoms with Crippen molar-refractivity contribution in [3.8, 4) is 22.6 Å². The normalized spacial score (nSPS) is 10.1. The fourth-order valence-electron chi connectivity index (χ4n) is 1.71. The molecule has 0 radical (unpaired) electrons. The summed E-state index contributed by atoms with van der Waals surface area (Å²) < 4.78 is 10.4. The second kappa shape index (κ2) is 5.11. The predicted molar refractivity (Wildman–Crippen MR) is 70.0 cm³/mol. The molecule has 0 fully saturated rings. The van der Waals surface area contributed by atoms with Gasteiger partial charge in [0.05, 0.1) is 19.2 Å². The van der Waals surface area contributed by atoms with E-state index >= 15 is 0 Å². The van der Waals surface area contributed by atoms with E-state index in [0.717, 1.165) is 22.6 Å². The average Bonchev–Trinajstić information content (AvgIpc) is 2.38. The molecule has 0 aromatic heterocycles. The van der Waals surface area contributed by atoms with Crippen LogP contribution < -0.4 is 9.47 Å². The number of halogens is 1. The Hall–Kier alpha value is -1.67. The minimum atomic E-state index is 0.647. The molecule has 0 unspecified atom stereocenters. The highest BCUT2D eigenvalue weighted by molar-refractivity contribution is 6.33. The molecule has 2 aromatic rings. The molecule has 0 N–H and O–H groups in total. The summed E-state index contributed by atoms with van der Waals surface area (Å²) in [4.78, 5) is 0. The van der Waals surface area contributed by atoms with Gasteiger partial charge in [-0.05, 0) is 24.3 Å². The zero-order chi connectivity index (χ0) is 12.3. The van der Waals surface area contributed by atoms with Gasteiger partial charge >= 0.3 is 0 Å². The van der Waals surface area contributed by atoms with E-state index in [4.69, 9.17) is 21.1 Å². The highest BCUT2D eigenvalue weighted by atomic mass is 35.5. The number of para-hydroxylation sites is 1. The lowest BCUT2D eigenvalue weighted by molar-refractivity contribution is 0.414. The lowest BCUT2D eigenvalue weighted by atomic mass is 10.0. The molecule has 2 aromatic carbocycles. The van der Waals surface area contributed by atoms with E-state index in [1.54, 1.807) is 20.3 Å². The first-order valence-corrected chi connectivity index (χ1v) is 5.61. The van der Waals surface area contributed by atoms with Crippen LogP contribution >= 0.6 is 11.6 Å². The van der Waals surface area contributed by atoms with Crippen LogP contribution in [0.1, 0.15) is 0 Å². The van der Waals surface area contributed by atoms with Crippen molar-refractivity contribution in [2.75, 3.05) is 14.2 Å². The van der Waals surface area contributed by atoms with Gasteiger partial charge in [0.15, 0.2) is 0 Å². The van der Waals surface area contributed by atoms with E-state index in [1.807, 2.05) is 36.4 Å². The van der Waals surface area contributed by atoms with E-state index in [-0.39, 0.29) is 0 Å². The molecule has 0 spiro atoms. The quantitative estimate of drug-likeness (QED) is 0.817. The Kier molecular flexibility index (Phi) is 3.55. The van der Waals surface area contributed by atoms with Crippen molar-refractivity contribution in [1.29, 1.82) is 0 Å². The number of ether oxygens (including phenoxy) is 2. The summed E-state index contributed by atoms with van der Waals surface area (Å²) in [5, 5.41) is 0.647. The second-order valence-electron chi connectivity index (χ2n) is 3.55. The van der Waals surface area contributed by atoms with Gasteiger partial charge in [-0.1, -0.05) is 29.8 Å². The number of hydrogen-bond acceptors (Lipinski definition) is 2. The molecule has 88 valence electrons. The van der Waals surface area contributed by atoms with Crippen molar-refractivity contribution in [1.82, 2.24) is 0 Å². The van der Waals surface area contributed by atoms with Crippen LogP contribution in [-0.2, 0) is 0 Å². The number of methoxy groups -OCH3 is 2. The first-order valence-electron chi connectivity index (χ1n) is 5.23. The number of rotatable bonds is 3. The van der Waals surface area contributed by atoms with Gasteiger partial charge in [-0.2, -0.15) is 0 Å². The summed E-state index contributed by atoms with van der Waals surface area (Å²) in [5.41, 5.74) is 1.91. The summed E-state index contributed by atoms with van der Waals surface area (Å²) in [7, 11) is 3.27. The van der Waals surface area contributed by atoms with Crippen LogP contribution in [-0.4, -0.2) is 14.2 Å². The maximum atomic E-state index is 6.24. The van der Waals surface area contributed by atoms with E-state index in [0.29, 0.717) is 5.02 Å². The van der Waals surface area contributed by atoms with Crippen molar-refractivity contribution in [3.63, 3.8) is 0 Å². The van der Waals surface area contributed by atoms with Crippen molar-refractivity contribution in [2.24, 2.45) is 0 Å². The van der Waals surface area contributed by atoms with Gasteiger partial charge in [0.25, 0.3) is 0 Å². The summed E-state index contributed by atoms with van der Waals surface area (Å²) in [6.45, 7) is 0. The fraction of sp³-hybridized carbons (Fsp3) is 0.143. The SMILES string of the molecule is COc1ccc(-c2ccccc2OC)c(Cl)c1. The van der Waals surface area contributed by atoms with Crippen molar-refractivity contribution in [3.05, 3.63) is 47.5 Å². The fourth-order valence-corrected chi connectivity index (χ4v) is 1.98. The Morgan fingerprint density at radius 2 is 1.65 bits per heavy atom. The molecule has 3 heteroatoms. The predicted octanol–water partition coefficient (Wildman–Crippen LogP) is 4.02. The molecule has 0 bridgehead atoms. The smallest absolute Gasteiger partial charge is 0.126 e. The molecule has 0 aliphatic carbocycles. The lowest BCUT2D eigenvalue weighted by Gasteiger charge is -2.10. The summed E-state index contributed by atoms with van der Waals surface area (Å²) in [6.07, 6.45) is 0. The topological polar surface area (TPSA) is 18.5 Å². The molecule has 2 rings (SSSR count). The highest BCUT2D eigenvalue weighted by Crippen LogP contribution is 2.36. The van der Waals surface area contributed by atoms with Gasteiger partial charge in [0.1, 0.15) is 11.5 Å². The Morgan fingerprint density at radius 1 is 0.882 bits per heavy atom. The zero-order valence-electron chi connectivity index (χ0n) is 9.74. The van der Waals surface area contributed by atoms with E-state index in [1.165, 1.54) is 0 Å². The molecule has 0 aliphatic rings. The first-order chi connectivity index (χ1) is 8.26. The van der Waals surface area contributed by atoms with Crippen LogP contribution in [0.5, 0.6) is 11.5 Å². The molecule has 0 aliphatic heterocycles. The van der Waals surface area contributed by atoms with Crippen LogP contribution in [0, 0.1) is 0 Å². The standard InChI is InChI=1S/C14H13ClO2/c1-16-10-7-8-11(13(15)9-10)12-5-3-4-6-14(12)17-2/h3-9H,1-2H3. The Balaban J connectivity index is 2.53. The zero-order valence-corrected chi connectivity index (χ0v) is 10.5. The van der Waals surface area contributed by atoms with E-state index < -0.39 is 0 Å². The van der Waals surface area contributed by atoms with Gasteiger partial charge in [0, 0.05) is 11.1 Å². The maximum Gasteiger partial charge on any atom is 0.126 e. The highest BCUT2D eigenvalue weighted by Gasteiger charge is 2.09. The largest absolute Gasteiger partial charge is 0.497 e. The minimum absolute atomic E-state index is 0.647. The van der Waals surface area contributed by atoms with Crippen LogP contribution in [0.3, 0.4) is 0 Å². The van der Waals surface area contributed by atoms with Crippen LogP contribution in [0.4, 0.5) is 0 Å². The molecule has 0 atom stereocenters. The third-order valence-electron chi connectivity index (χ3n) is 2.57. The Bertz CT molecular complexity index is 523. The Labute approximate surface area is 106 Å². The van der Waals surface area contributed by atoms with Crippen LogP contribution in [0.15, 0.2) is 42.5 Å².